The highest BCUT2D eigenvalue weighted by atomic mass is 32.2. The van der Waals surface area contributed by atoms with Gasteiger partial charge in [0, 0.05) is 6.04 Å². The van der Waals surface area contributed by atoms with Crippen LogP contribution in [-0.2, 0) is 19.6 Å². The molecule has 0 bridgehead atoms. The van der Waals surface area contributed by atoms with Crippen LogP contribution >= 0.6 is 11.3 Å². The third kappa shape index (κ3) is 3.25. The van der Waals surface area contributed by atoms with Gasteiger partial charge in [-0.1, -0.05) is 6.42 Å². The van der Waals surface area contributed by atoms with E-state index in [-0.39, 0.29) is 9.77 Å². The summed E-state index contributed by atoms with van der Waals surface area (Å²) >= 11 is 0.964. The second-order valence-electron chi connectivity index (χ2n) is 4.71. The molecule has 1 fully saturated rings. The first kappa shape index (κ1) is 15.9. The van der Waals surface area contributed by atoms with E-state index in [0.29, 0.717) is 19.3 Å². The maximum absolute atomic E-state index is 12.4. The molecule has 0 saturated heterocycles. The van der Waals surface area contributed by atoms with E-state index in [1.165, 1.54) is 18.6 Å². The molecule has 116 valence electrons. The topological polar surface area (TPSA) is 110 Å². The van der Waals surface area contributed by atoms with Gasteiger partial charge in [0.1, 0.15) is 9.77 Å². The molecule has 1 saturated carbocycles. The van der Waals surface area contributed by atoms with Crippen LogP contribution in [0.4, 0.5) is 0 Å². The molecular formula is C12H15NO6S2. The third-order valence-electron chi connectivity index (χ3n) is 3.43. The van der Waals surface area contributed by atoms with Gasteiger partial charge in [-0.3, -0.25) is 4.79 Å². The number of aliphatic carboxylic acids is 1. The fraction of sp³-hybridized carbons (Fsp3) is 0.500. The van der Waals surface area contributed by atoms with Crippen molar-refractivity contribution in [3.63, 3.8) is 0 Å². The zero-order chi connectivity index (χ0) is 15.6. The number of esters is 1. The average molecular weight is 333 g/mol. The highest BCUT2D eigenvalue weighted by molar-refractivity contribution is 7.89. The number of carboxylic acids is 1. The Balaban J connectivity index is 2.25. The number of sulfonamides is 1. The first-order valence-electron chi connectivity index (χ1n) is 6.27. The predicted octanol–water partition coefficient (Wildman–Crippen LogP) is 1.07. The van der Waals surface area contributed by atoms with Crippen molar-refractivity contribution in [2.75, 3.05) is 7.11 Å². The molecule has 1 aliphatic rings. The summed E-state index contributed by atoms with van der Waals surface area (Å²) < 4.78 is 31.7. The zero-order valence-corrected chi connectivity index (χ0v) is 12.9. The molecular weight excluding hydrogens is 318 g/mol. The molecule has 1 aliphatic carbocycles. The van der Waals surface area contributed by atoms with Crippen LogP contribution in [0.2, 0.25) is 0 Å². The van der Waals surface area contributed by atoms with Crippen molar-refractivity contribution in [1.29, 1.82) is 0 Å². The monoisotopic (exact) mass is 333 g/mol. The molecule has 2 N–H and O–H groups in total. The Morgan fingerprint density at radius 1 is 1.43 bits per heavy atom. The molecule has 1 aromatic heterocycles. The molecule has 0 amide bonds. The summed E-state index contributed by atoms with van der Waals surface area (Å²) in [5.74, 6) is -2.48. The van der Waals surface area contributed by atoms with Crippen LogP contribution in [-0.4, -0.2) is 38.6 Å². The minimum absolute atomic E-state index is 0.0186. The van der Waals surface area contributed by atoms with Gasteiger partial charge in [-0.05, 0) is 24.3 Å². The molecule has 0 aliphatic heterocycles. The lowest BCUT2D eigenvalue weighted by molar-refractivity contribution is -0.141. The third-order valence-corrected chi connectivity index (χ3v) is 5.99. The summed E-state index contributed by atoms with van der Waals surface area (Å²) in [6, 6.07) is 0.655. The van der Waals surface area contributed by atoms with Crippen molar-refractivity contribution >= 4 is 33.3 Å². The predicted molar refractivity (Wildman–Crippen MR) is 74.7 cm³/mol. The van der Waals surface area contributed by atoms with Gasteiger partial charge in [0.2, 0.25) is 10.0 Å². The highest BCUT2D eigenvalue weighted by Crippen LogP contribution is 2.29. The minimum atomic E-state index is -3.96. The van der Waals surface area contributed by atoms with Gasteiger partial charge >= 0.3 is 11.9 Å². The van der Waals surface area contributed by atoms with Crippen LogP contribution in [0, 0.1) is 5.92 Å². The fourth-order valence-electron chi connectivity index (χ4n) is 2.41. The number of carboxylic acid groups (broad SMARTS) is 1. The summed E-state index contributed by atoms with van der Waals surface area (Å²) in [6.45, 7) is 0. The van der Waals surface area contributed by atoms with Gasteiger partial charge in [0.05, 0.1) is 13.0 Å². The second-order valence-corrected chi connectivity index (χ2v) is 7.31. The van der Waals surface area contributed by atoms with Crippen LogP contribution in [0.1, 0.15) is 28.9 Å². The summed E-state index contributed by atoms with van der Waals surface area (Å²) in [5, 5.41) is 10.6. The van der Waals surface area contributed by atoms with Gasteiger partial charge in [0.15, 0.2) is 0 Å². The highest BCUT2D eigenvalue weighted by Gasteiger charge is 2.37. The molecule has 1 aromatic rings. The van der Waals surface area contributed by atoms with Crippen molar-refractivity contribution in [2.45, 2.75) is 30.2 Å². The second kappa shape index (κ2) is 6.12. The summed E-state index contributed by atoms with van der Waals surface area (Å²) in [7, 11) is -2.79. The molecule has 1 heterocycles. The molecule has 7 nitrogen and oxygen atoms in total. The first-order chi connectivity index (χ1) is 9.86. The van der Waals surface area contributed by atoms with Crippen molar-refractivity contribution in [1.82, 2.24) is 4.72 Å². The van der Waals surface area contributed by atoms with E-state index in [9.17, 15) is 18.0 Å². The SMILES string of the molecule is COC(=O)c1sccc1S(=O)(=O)NC1CCCC1C(=O)O. The van der Waals surface area contributed by atoms with Crippen LogP contribution in [0.5, 0.6) is 0 Å². The number of ether oxygens (including phenoxy) is 1. The Kier molecular flexibility index (Phi) is 4.64. The lowest BCUT2D eigenvalue weighted by Crippen LogP contribution is -2.40. The van der Waals surface area contributed by atoms with Crippen LogP contribution < -0.4 is 4.72 Å². The normalized spacial score (nSPS) is 22.1. The van der Waals surface area contributed by atoms with Crippen molar-refractivity contribution in [3.8, 4) is 0 Å². The van der Waals surface area contributed by atoms with E-state index in [2.05, 4.69) is 9.46 Å². The maximum Gasteiger partial charge on any atom is 0.349 e. The molecule has 2 atom stereocenters. The Labute approximate surface area is 126 Å². The number of thiophene rings is 1. The quantitative estimate of drug-likeness (QED) is 0.780. The Hall–Kier alpha value is -1.45. The van der Waals surface area contributed by atoms with Crippen molar-refractivity contribution in [3.05, 3.63) is 16.3 Å². The average Bonchev–Trinajstić information content (AvgIpc) is 3.05. The number of hydrogen-bond donors (Lipinski definition) is 2. The van der Waals surface area contributed by atoms with Gasteiger partial charge in [-0.2, -0.15) is 0 Å². The van der Waals surface area contributed by atoms with E-state index in [0.717, 1.165) is 11.3 Å². The molecule has 2 unspecified atom stereocenters. The first-order valence-corrected chi connectivity index (χ1v) is 8.64. The number of carbonyl (C=O) groups is 2. The maximum atomic E-state index is 12.4. The molecule has 9 heteroatoms. The van der Waals surface area contributed by atoms with Crippen LogP contribution in [0.3, 0.4) is 0 Å². The Bertz CT molecular complexity index is 650. The number of nitrogens with one attached hydrogen (secondary N) is 1. The summed E-state index contributed by atoms with van der Waals surface area (Å²) in [5.41, 5.74) is 0. The van der Waals surface area contributed by atoms with Crippen molar-refractivity contribution < 1.29 is 27.9 Å². The van der Waals surface area contributed by atoms with E-state index < -0.39 is 33.9 Å². The van der Waals surface area contributed by atoms with E-state index >= 15 is 0 Å². The van der Waals surface area contributed by atoms with Crippen LogP contribution in [0.15, 0.2) is 16.3 Å². The van der Waals surface area contributed by atoms with Gasteiger partial charge in [-0.25, -0.2) is 17.9 Å². The molecule has 0 aromatic carbocycles. The molecule has 21 heavy (non-hydrogen) atoms. The number of carbonyl (C=O) groups excluding carboxylic acids is 1. The lowest BCUT2D eigenvalue weighted by atomic mass is 10.1. The van der Waals surface area contributed by atoms with Gasteiger partial charge in [0.25, 0.3) is 0 Å². The number of hydrogen-bond acceptors (Lipinski definition) is 6. The largest absolute Gasteiger partial charge is 0.481 e. The standard InChI is InChI=1S/C12H15NO6S2/c1-19-12(16)10-9(5-6-20-10)21(17,18)13-8-4-2-3-7(8)11(14)15/h5-8,13H,2-4H2,1H3,(H,14,15). The van der Waals surface area contributed by atoms with Crippen LogP contribution in [0.25, 0.3) is 0 Å². The van der Waals surface area contributed by atoms with Gasteiger partial charge < -0.3 is 9.84 Å². The van der Waals surface area contributed by atoms with E-state index in [1.54, 1.807) is 0 Å². The zero-order valence-electron chi connectivity index (χ0n) is 11.2. The summed E-state index contributed by atoms with van der Waals surface area (Å²) in [4.78, 5) is 22.5. The molecule has 2 rings (SSSR count). The number of rotatable bonds is 5. The Morgan fingerprint density at radius 2 is 2.14 bits per heavy atom. The minimum Gasteiger partial charge on any atom is -0.481 e. The van der Waals surface area contributed by atoms with Crippen molar-refractivity contribution in [2.24, 2.45) is 5.92 Å². The van der Waals surface area contributed by atoms with E-state index in [4.69, 9.17) is 5.11 Å². The fourth-order valence-corrected chi connectivity index (χ4v) is 5.06. The van der Waals surface area contributed by atoms with Gasteiger partial charge in [-0.15, -0.1) is 11.3 Å². The molecule has 0 radical (unpaired) electrons. The lowest BCUT2D eigenvalue weighted by Gasteiger charge is -2.17. The smallest absolute Gasteiger partial charge is 0.349 e. The molecule has 0 spiro atoms. The Morgan fingerprint density at radius 3 is 2.76 bits per heavy atom. The summed E-state index contributed by atoms with van der Waals surface area (Å²) in [6.07, 6.45) is 1.56. The number of methoxy groups -OCH3 is 1. The van der Waals surface area contributed by atoms with E-state index in [1.807, 2.05) is 0 Å².